The maximum absolute atomic E-state index is 10.9. The van der Waals surface area contributed by atoms with E-state index >= 15 is 0 Å². The van der Waals surface area contributed by atoms with E-state index in [0.29, 0.717) is 5.69 Å². The highest BCUT2D eigenvalue weighted by molar-refractivity contribution is 9.10. The van der Waals surface area contributed by atoms with Crippen molar-refractivity contribution in [2.24, 2.45) is 0 Å². The molecule has 0 heterocycles. The second kappa shape index (κ2) is 6.65. The Labute approximate surface area is 117 Å². The lowest BCUT2D eigenvalue weighted by Crippen LogP contribution is -2.41. The second-order valence-corrected chi connectivity index (χ2v) is 5.56. The summed E-state index contributed by atoms with van der Waals surface area (Å²) in [5.74, 6) is -1.22. The summed E-state index contributed by atoms with van der Waals surface area (Å²) in [5.41, 5.74) is 6.36. The lowest BCUT2D eigenvalue weighted by atomic mass is 10.3. The van der Waals surface area contributed by atoms with Crippen LogP contribution in [0.3, 0.4) is 0 Å². The van der Waals surface area contributed by atoms with Gasteiger partial charge < -0.3 is 16.2 Å². The number of carbonyl (C=O) groups excluding carboxylic acids is 1. The molecule has 4 N–H and O–H groups in total. The number of anilines is 1. The highest BCUT2D eigenvalue weighted by Gasteiger charge is 2.18. The van der Waals surface area contributed by atoms with Crippen molar-refractivity contribution >= 4 is 45.3 Å². The molecule has 7 heteroatoms. The van der Waals surface area contributed by atoms with Crippen molar-refractivity contribution in [3.63, 3.8) is 0 Å². The van der Waals surface area contributed by atoms with Gasteiger partial charge in [0.05, 0.1) is 0 Å². The number of nitrogens with one attached hydrogen (secondary N) is 1. The first-order valence-corrected chi connectivity index (χ1v) is 6.85. The molecule has 0 bridgehead atoms. The molecule has 1 unspecified atom stereocenters. The van der Waals surface area contributed by atoms with Crippen molar-refractivity contribution < 1.29 is 14.7 Å². The number of amides is 1. The first-order valence-electron chi connectivity index (χ1n) is 5.08. The number of carboxylic acid groups (broad SMARTS) is 1. The highest BCUT2D eigenvalue weighted by atomic mass is 79.9. The van der Waals surface area contributed by atoms with Crippen LogP contribution in [-0.2, 0) is 9.59 Å². The summed E-state index contributed by atoms with van der Waals surface area (Å²) < 4.78 is 0.866. The number of halogens is 1. The largest absolute Gasteiger partial charge is 0.480 e. The van der Waals surface area contributed by atoms with E-state index in [1.165, 1.54) is 18.7 Å². The Bertz CT molecular complexity index is 468. The van der Waals surface area contributed by atoms with Gasteiger partial charge in [0.25, 0.3) is 0 Å². The number of carboxylic acids is 1. The summed E-state index contributed by atoms with van der Waals surface area (Å²) in [6, 6.07) is 4.43. The number of carbonyl (C=O) groups is 2. The van der Waals surface area contributed by atoms with Gasteiger partial charge in [-0.05, 0) is 18.2 Å². The molecule has 0 radical (unpaired) electrons. The molecule has 98 valence electrons. The van der Waals surface area contributed by atoms with Gasteiger partial charge in [0.1, 0.15) is 6.04 Å². The molecule has 1 atom stereocenters. The molecule has 1 amide bonds. The minimum atomic E-state index is -1.06. The zero-order valence-electron chi connectivity index (χ0n) is 9.64. The van der Waals surface area contributed by atoms with Gasteiger partial charge in [0.2, 0.25) is 5.91 Å². The highest BCUT2D eigenvalue weighted by Crippen LogP contribution is 2.28. The Balaban J connectivity index is 2.69. The second-order valence-electron chi connectivity index (χ2n) is 3.58. The van der Waals surface area contributed by atoms with E-state index in [0.717, 1.165) is 9.37 Å². The Morgan fingerprint density at radius 2 is 2.22 bits per heavy atom. The van der Waals surface area contributed by atoms with Crippen LogP contribution in [0.2, 0.25) is 0 Å². The Morgan fingerprint density at radius 3 is 2.78 bits per heavy atom. The third-order valence-corrected chi connectivity index (χ3v) is 3.71. The fraction of sp³-hybridized carbons (Fsp3) is 0.273. The lowest BCUT2D eigenvalue weighted by molar-refractivity contribution is -0.140. The minimum Gasteiger partial charge on any atom is -0.480 e. The van der Waals surface area contributed by atoms with Crippen LogP contribution < -0.4 is 11.1 Å². The van der Waals surface area contributed by atoms with Gasteiger partial charge in [-0.1, -0.05) is 15.9 Å². The molecule has 0 saturated heterocycles. The van der Waals surface area contributed by atoms with Crippen LogP contribution in [0.5, 0.6) is 0 Å². The number of rotatable bonds is 5. The summed E-state index contributed by atoms with van der Waals surface area (Å²) in [7, 11) is 0. The first-order chi connectivity index (χ1) is 8.40. The maximum atomic E-state index is 10.9. The van der Waals surface area contributed by atoms with E-state index < -0.39 is 12.0 Å². The number of nitrogen functional groups attached to an aromatic ring is 1. The SMILES string of the molecule is CC(=O)NC(CSc1cc(Br)ccc1N)C(=O)O. The number of aliphatic carboxylic acids is 1. The van der Waals surface area contributed by atoms with Crippen molar-refractivity contribution in [1.29, 1.82) is 0 Å². The monoisotopic (exact) mass is 332 g/mol. The Morgan fingerprint density at radius 1 is 1.56 bits per heavy atom. The molecule has 0 aromatic heterocycles. The number of nitrogens with two attached hydrogens (primary N) is 1. The van der Waals surface area contributed by atoms with Crippen LogP contribution in [0.15, 0.2) is 27.6 Å². The average Bonchev–Trinajstić information content (AvgIpc) is 2.27. The predicted molar refractivity (Wildman–Crippen MR) is 74.5 cm³/mol. The third-order valence-electron chi connectivity index (χ3n) is 2.06. The Kier molecular flexibility index (Phi) is 5.49. The van der Waals surface area contributed by atoms with Crippen molar-refractivity contribution in [2.75, 3.05) is 11.5 Å². The fourth-order valence-electron chi connectivity index (χ4n) is 1.23. The minimum absolute atomic E-state index is 0.218. The van der Waals surface area contributed by atoms with Crippen LogP contribution in [-0.4, -0.2) is 28.8 Å². The van der Waals surface area contributed by atoms with Crippen molar-refractivity contribution in [3.05, 3.63) is 22.7 Å². The summed E-state index contributed by atoms with van der Waals surface area (Å²) in [5, 5.41) is 11.3. The molecule has 0 spiro atoms. The molecule has 0 aliphatic heterocycles. The van der Waals surface area contributed by atoms with Crippen LogP contribution in [0, 0.1) is 0 Å². The molecular weight excluding hydrogens is 320 g/mol. The van der Waals surface area contributed by atoms with Gasteiger partial charge >= 0.3 is 5.97 Å². The number of thioether (sulfide) groups is 1. The van der Waals surface area contributed by atoms with E-state index in [2.05, 4.69) is 21.2 Å². The zero-order valence-corrected chi connectivity index (χ0v) is 12.0. The number of hydrogen-bond donors (Lipinski definition) is 3. The van der Waals surface area contributed by atoms with Crippen LogP contribution in [0.1, 0.15) is 6.92 Å². The zero-order chi connectivity index (χ0) is 13.7. The van der Waals surface area contributed by atoms with Crippen molar-refractivity contribution in [1.82, 2.24) is 5.32 Å². The van der Waals surface area contributed by atoms with E-state index in [9.17, 15) is 9.59 Å². The molecule has 0 aliphatic carbocycles. The van der Waals surface area contributed by atoms with Crippen LogP contribution >= 0.6 is 27.7 Å². The summed E-state index contributed by atoms with van der Waals surface area (Å²) in [6.07, 6.45) is 0. The summed E-state index contributed by atoms with van der Waals surface area (Å²) in [6.45, 7) is 1.29. The van der Waals surface area contributed by atoms with E-state index in [4.69, 9.17) is 10.8 Å². The number of benzene rings is 1. The molecule has 0 fully saturated rings. The van der Waals surface area contributed by atoms with Gasteiger partial charge in [-0.2, -0.15) is 0 Å². The topological polar surface area (TPSA) is 92.4 Å². The molecule has 1 aromatic rings. The molecule has 1 aromatic carbocycles. The standard InChI is InChI=1S/C11H13BrN2O3S/c1-6(15)14-9(11(16)17)5-18-10-4-7(12)2-3-8(10)13/h2-4,9H,5,13H2,1H3,(H,14,15)(H,16,17). The summed E-state index contributed by atoms with van der Waals surface area (Å²) in [4.78, 5) is 22.6. The van der Waals surface area contributed by atoms with E-state index in [1.54, 1.807) is 6.07 Å². The van der Waals surface area contributed by atoms with E-state index in [-0.39, 0.29) is 11.7 Å². The van der Waals surface area contributed by atoms with Gasteiger partial charge in [-0.15, -0.1) is 11.8 Å². The van der Waals surface area contributed by atoms with Crippen molar-refractivity contribution in [3.8, 4) is 0 Å². The fourth-order valence-corrected chi connectivity index (χ4v) is 2.76. The smallest absolute Gasteiger partial charge is 0.327 e. The molecule has 5 nitrogen and oxygen atoms in total. The van der Waals surface area contributed by atoms with Gasteiger partial charge in [0.15, 0.2) is 0 Å². The molecular formula is C11H13BrN2O3S. The first kappa shape index (κ1) is 14.8. The van der Waals surface area contributed by atoms with Gasteiger partial charge in [0, 0.05) is 27.7 Å². The normalized spacial score (nSPS) is 11.9. The van der Waals surface area contributed by atoms with Gasteiger partial charge in [-0.25, -0.2) is 4.79 Å². The lowest BCUT2D eigenvalue weighted by Gasteiger charge is -2.13. The molecule has 0 aliphatic rings. The quantitative estimate of drug-likeness (QED) is 0.564. The van der Waals surface area contributed by atoms with E-state index in [1.807, 2.05) is 12.1 Å². The maximum Gasteiger partial charge on any atom is 0.327 e. The van der Waals surface area contributed by atoms with Gasteiger partial charge in [-0.3, -0.25) is 4.79 Å². The van der Waals surface area contributed by atoms with Crippen molar-refractivity contribution in [2.45, 2.75) is 17.9 Å². The molecule has 1 rings (SSSR count). The molecule has 0 saturated carbocycles. The summed E-state index contributed by atoms with van der Waals surface area (Å²) >= 11 is 4.61. The third kappa shape index (κ3) is 4.58. The predicted octanol–water partition coefficient (Wildman–Crippen LogP) is 1.71. The van der Waals surface area contributed by atoms with Crippen LogP contribution in [0.25, 0.3) is 0 Å². The molecule has 18 heavy (non-hydrogen) atoms. The Hall–Kier alpha value is -1.21. The number of hydrogen-bond acceptors (Lipinski definition) is 4. The van der Waals surface area contributed by atoms with Crippen LogP contribution in [0.4, 0.5) is 5.69 Å². The average molecular weight is 333 g/mol.